The molecule has 6 rings (SSSR count). The molecule has 1 atom stereocenters. The zero-order valence-corrected chi connectivity index (χ0v) is 25.1. The molecule has 7 nitrogen and oxygen atoms in total. The Labute approximate surface area is 267 Å². The largest absolute Gasteiger partial charge is 0.599 e. The second-order valence-corrected chi connectivity index (χ2v) is 11.2. The van der Waals surface area contributed by atoms with Crippen molar-refractivity contribution in [1.29, 1.82) is 0 Å². The highest BCUT2D eigenvalue weighted by Gasteiger charge is 2.38. The number of rotatable bonds is 11. The van der Waals surface area contributed by atoms with E-state index < -0.39 is 23.6 Å². The number of nitrogens with one attached hydrogen (secondary N) is 1. The van der Waals surface area contributed by atoms with Gasteiger partial charge in [-0.1, -0.05) is 140 Å². The normalized spacial score (nSPS) is 13.3. The van der Waals surface area contributed by atoms with Crippen LogP contribution in [-0.4, -0.2) is 35.7 Å². The molecule has 0 heterocycles. The third kappa shape index (κ3) is 6.13. The minimum atomic E-state index is -1.44. The molecule has 2 N–H and O–H groups in total. The van der Waals surface area contributed by atoms with E-state index in [1.165, 1.54) is 0 Å². The average Bonchev–Trinajstić information content (AvgIpc) is 3.42. The SMILES string of the molecule is O=C(CC[C@@H](N=C([O-])OCC1c2ccccc2-c2ccccc21)C(=O)O)NC(c1ccccc1)(c1ccccc1)c1ccccc1. The van der Waals surface area contributed by atoms with Crippen molar-refractivity contribution in [1.82, 2.24) is 5.32 Å². The number of aliphatic carboxylic acids is 1. The molecule has 1 aliphatic rings. The number of aliphatic imine (C=N–C) groups is 1. The highest BCUT2D eigenvalue weighted by molar-refractivity contribution is 5.82. The molecule has 7 heteroatoms. The van der Waals surface area contributed by atoms with Gasteiger partial charge in [-0.05, 0) is 45.4 Å². The predicted octanol–water partition coefficient (Wildman–Crippen LogP) is 5.87. The molecule has 0 fully saturated rings. The summed E-state index contributed by atoms with van der Waals surface area (Å²) in [5.41, 5.74) is 5.76. The van der Waals surface area contributed by atoms with E-state index >= 15 is 0 Å². The molecule has 0 bridgehead atoms. The van der Waals surface area contributed by atoms with Crippen LogP contribution in [0.2, 0.25) is 0 Å². The second kappa shape index (κ2) is 13.5. The third-order valence-electron chi connectivity index (χ3n) is 8.47. The number of benzene rings is 5. The van der Waals surface area contributed by atoms with Crippen molar-refractivity contribution in [3.8, 4) is 11.1 Å². The molecule has 0 spiro atoms. The van der Waals surface area contributed by atoms with Gasteiger partial charge in [-0.2, -0.15) is 0 Å². The van der Waals surface area contributed by atoms with Gasteiger partial charge in [0, 0.05) is 18.9 Å². The third-order valence-corrected chi connectivity index (χ3v) is 8.47. The summed E-state index contributed by atoms with van der Waals surface area (Å²) in [7, 11) is 0. The van der Waals surface area contributed by atoms with Crippen molar-refractivity contribution in [3.05, 3.63) is 167 Å². The fourth-order valence-electron chi connectivity index (χ4n) is 6.32. The predicted molar refractivity (Wildman–Crippen MR) is 175 cm³/mol. The number of ether oxygens (including phenoxy) is 1. The van der Waals surface area contributed by atoms with E-state index in [-0.39, 0.29) is 31.3 Å². The lowest BCUT2D eigenvalue weighted by Gasteiger charge is -2.37. The van der Waals surface area contributed by atoms with E-state index in [9.17, 15) is 19.8 Å². The summed E-state index contributed by atoms with van der Waals surface area (Å²) in [6, 6.07) is 43.4. The van der Waals surface area contributed by atoms with Gasteiger partial charge in [0.15, 0.2) is 0 Å². The first kappa shape index (κ1) is 30.3. The molecule has 5 aromatic carbocycles. The van der Waals surface area contributed by atoms with Crippen molar-refractivity contribution in [2.24, 2.45) is 4.99 Å². The van der Waals surface area contributed by atoms with Crippen LogP contribution in [0.25, 0.3) is 11.1 Å². The molecule has 5 aromatic rings. The van der Waals surface area contributed by atoms with Crippen molar-refractivity contribution < 1.29 is 24.5 Å². The number of carbonyl (C=O) groups is 2. The maximum absolute atomic E-state index is 13.7. The number of amides is 1. The Morgan fingerprint density at radius 2 is 1.15 bits per heavy atom. The second-order valence-electron chi connectivity index (χ2n) is 11.2. The molecule has 0 unspecified atom stereocenters. The van der Waals surface area contributed by atoms with E-state index in [0.717, 1.165) is 38.9 Å². The van der Waals surface area contributed by atoms with E-state index in [4.69, 9.17) is 4.74 Å². The van der Waals surface area contributed by atoms with Crippen molar-refractivity contribution >= 4 is 18.0 Å². The standard InChI is InChI=1S/C39H34N2O5/c42-36(41-39(27-14-4-1-5-15-27,28-16-6-2-7-17-28)29-18-8-3-9-19-29)25-24-35(37(43)44)40-38(45)46-26-34-32-22-12-10-20-30(32)31-21-11-13-23-33(31)34/h1-23,34-35H,24-26H2,(H,40,45)(H,41,42)(H,43,44)/p-1/t35-/m1/s1. The van der Waals surface area contributed by atoms with Gasteiger partial charge in [-0.25, -0.2) is 4.79 Å². The van der Waals surface area contributed by atoms with Gasteiger partial charge in [0.2, 0.25) is 5.91 Å². The number of hydrogen-bond acceptors (Lipinski definition) is 5. The maximum Gasteiger partial charge on any atom is 0.328 e. The van der Waals surface area contributed by atoms with Crippen LogP contribution in [-0.2, 0) is 19.9 Å². The Hall–Kier alpha value is -5.69. The van der Waals surface area contributed by atoms with Gasteiger partial charge in [0.05, 0.1) is 0 Å². The van der Waals surface area contributed by atoms with E-state index in [1.54, 1.807) is 0 Å². The quantitative estimate of drug-likeness (QED) is 0.111. The minimum Gasteiger partial charge on any atom is -0.599 e. The van der Waals surface area contributed by atoms with E-state index in [2.05, 4.69) is 10.3 Å². The van der Waals surface area contributed by atoms with Gasteiger partial charge < -0.3 is 20.3 Å². The number of fused-ring (bicyclic) bond motifs is 3. The first-order chi connectivity index (χ1) is 22.5. The molecule has 0 saturated heterocycles. The van der Waals surface area contributed by atoms with Gasteiger partial charge in [-0.15, -0.1) is 0 Å². The maximum atomic E-state index is 13.7. The fourth-order valence-corrected chi connectivity index (χ4v) is 6.32. The fraction of sp³-hybridized carbons (Fsp3) is 0.154. The van der Waals surface area contributed by atoms with Crippen LogP contribution in [0.5, 0.6) is 0 Å². The Kier molecular flexibility index (Phi) is 8.92. The highest BCUT2D eigenvalue weighted by Crippen LogP contribution is 2.44. The van der Waals surface area contributed by atoms with Crippen LogP contribution in [0, 0.1) is 0 Å². The van der Waals surface area contributed by atoms with Gasteiger partial charge in [0.25, 0.3) is 0 Å². The highest BCUT2D eigenvalue weighted by atomic mass is 16.6. The summed E-state index contributed by atoms with van der Waals surface area (Å²) >= 11 is 0. The molecule has 1 aliphatic carbocycles. The Balaban J connectivity index is 1.19. The first-order valence-corrected chi connectivity index (χ1v) is 15.2. The zero-order valence-electron chi connectivity index (χ0n) is 25.1. The molecule has 0 aromatic heterocycles. The molecule has 230 valence electrons. The van der Waals surface area contributed by atoms with Gasteiger partial charge in [0.1, 0.15) is 17.7 Å². The molecule has 46 heavy (non-hydrogen) atoms. The number of hydrogen-bond donors (Lipinski definition) is 2. The summed E-state index contributed by atoms with van der Waals surface area (Å²) in [6.07, 6.45) is -1.33. The van der Waals surface area contributed by atoms with Gasteiger partial charge >= 0.3 is 5.97 Å². The number of nitrogens with zero attached hydrogens (tertiary/aromatic N) is 1. The minimum absolute atomic E-state index is 0.0247. The number of carbonyl (C=O) groups excluding carboxylic acids is 1. The zero-order chi connectivity index (χ0) is 31.9. The van der Waals surface area contributed by atoms with Crippen LogP contribution in [0.1, 0.15) is 46.6 Å². The van der Waals surface area contributed by atoms with Crippen molar-refractivity contribution in [2.75, 3.05) is 6.61 Å². The Morgan fingerprint density at radius 1 is 0.717 bits per heavy atom. The molecule has 0 aliphatic heterocycles. The van der Waals surface area contributed by atoms with Gasteiger partial charge in [-0.3, -0.25) is 9.79 Å². The summed E-state index contributed by atoms with van der Waals surface area (Å²) < 4.78 is 5.51. The molecular weight excluding hydrogens is 576 g/mol. The number of carboxylic acid groups (broad SMARTS) is 1. The van der Waals surface area contributed by atoms with Crippen molar-refractivity contribution in [2.45, 2.75) is 30.3 Å². The lowest BCUT2D eigenvalue weighted by molar-refractivity contribution is -0.251. The molecule has 0 radical (unpaired) electrons. The smallest absolute Gasteiger partial charge is 0.328 e. The van der Waals surface area contributed by atoms with Crippen LogP contribution in [0.3, 0.4) is 0 Å². The lowest BCUT2D eigenvalue weighted by atomic mass is 9.77. The summed E-state index contributed by atoms with van der Waals surface area (Å²) in [5, 5.41) is 25.9. The number of carboxylic acids is 1. The molecule has 1 amide bonds. The van der Waals surface area contributed by atoms with Crippen LogP contribution < -0.4 is 10.4 Å². The van der Waals surface area contributed by atoms with Crippen LogP contribution in [0.4, 0.5) is 0 Å². The van der Waals surface area contributed by atoms with Crippen LogP contribution >= 0.6 is 0 Å². The van der Waals surface area contributed by atoms with E-state index in [1.807, 2.05) is 140 Å². The van der Waals surface area contributed by atoms with E-state index in [0.29, 0.717) is 0 Å². The summed E-state index contributed by atoms with van der Waals surface area (Å²) in [6.45, 7) is 0.0247. The Bertz CT molecular complexity index is 1700. The van der Waals surface area contributed by atoms with Crippen molar-refractivity contribution in [3.63, 3.8) is 0 Å². The molecule has 0 saturated carbocycles. The lowest BCUT2D eigenvalue weighted by Crippen LogP contribution is -2.48. The topological polar surface area (TPSA) is 111 Å². The van der Waals surface area contributed by atoms with Crippen LogP contribution in [0.15, 0.2) is 145 Å². The average molecular weight is 610 g/mol. The monoisotopic (exact) mass is 609 g/mol. The first-order valence-electron chi connectivity index (χ1n) is 15.2. The summed E-state index contributed by atoms with van der Waals surface area (Å²) in [5.74, 6) is -1.87. The summed E-state index contributed by atoms with van der Waals surface area (Å²) in [4.78, 5) is 29.7. The molecular formula is C39H33N2O5-. The Morgan fingerprint density at radius 3 is 1.61 bits per heavy atom.